The molecular formula is C16H25N3O3S. The van der Waals surface area contributed by atoms with Crippen LogP contribution < -0.4 is 10.6 Å². The monoisotopic (exact) mass is 339 g/mol. The van der Waals surface area contributed by atoms with E-state index in [9.17, 15) is 13.2 Å². The van der Waals surface area contributed by atoms with Gasteiger partial charge in [-0.3, -0.25) is 4.79 Å². The SMILES string of the molecule is CNCCNC(=O)CCc1ccc(S(=O)(=O)N2CCCC2)cc1. The summed E-state index contributed by atoms with van der Waals surface area (Å²) in [6, 6.07) is 6.87. The lowest BCUT2D eigenvalue weighted by molar-refractivity contribution is -0.121. The van der Waals surface area contributed by atoms with Crippen molar-refractivity contribution in [2.45, 2.75) is 30.6 Å². The van der Waals surface area contributed by atoms with Crippen molar-refractivity contribution in [3.63, 3.8) is 0 Å². The Balaban J connectivity index is 1.88. The van der Waals surface area contributed by atoms with Crippen molar-refractivity contribution < 1.29 is 13.2 Å². The third-order valence-corrected chi connectivity index (χ3v) is 5.88. The quantitative estimate of drug-likeness (QED) is 0.685. The maximum atomic E-state index is 12.4. The standard InChI is InChI=1S/C16H25N3O3S/c1-17-10-11-18-16(20)9-6-14-4-7-15(8-5-14)23(21,22)19-12-2-3-13-19/h4-5,7-8,17H,2-3,6,9-13H2,1H3,(H,18,20). The van der Waals surface area contributed by atoms with Gasteiger partial charge in [-0.05, 0) is 44.0 Å². The van der Waals surface area contributed by atoms with Crippen molar-refractivity contribution in [3.05, 3.63) is 29.8 Å². The number of hydrogen-bond acceptors (Lipinski definition) is 4. The first-order valence-electron chi connectivity index (χ1n) is 8.04. The van der Waals surface area contributed by atoms with Gasteiger partial charge in [0.05, 0.1) is 4.90 Å². The van der Waals surface area contributed by atoms with Gasteiger partial charge in [0.2, 0.25) is 15.9 Å². The molecule has 0 radical (unpaired) electrons. The number of amides is 1. The van der Waals surface area contributed by atoms with Crippen LogP contribution in [-0.2, 0) is 21.2 Å². The summed E-state index contributed by atoms with van der Waals surface area (Å²) in [5.41, 5.74) is 0.967. The van der Waals surface area contributed by atoms with Crippen molar-refractivity contribution in [1.29, 1.82) is 0 Å². The lowest BCUT2D eigenvalue weighted by atomic mass is 10.1. The molecule has 1 saturated heterocycles. The van der Waals surface area contributed by atoms with Crippen molar-refractivity contribution in [1.82, 2.24) is 14.9 Å². The van der Waals surface area contributed by atoms with Crippen LogP contribution in [0.25, 0.3) is 0 Å². The average Bonchev–Trinajstić information content (AvgIpc) is 3.09. The van der Waals surface area contributed by atoms with Crippen LogP contribution in [0.1, 0.15) is 24.8 Å². The Labute approximate surface area is 138 Å². The third-order valence-electron chi connectivity index (χ3n) is 3.96. The zero-order valence-electron chi connectivity index (χ0n) is 13.5. The topological polar surface area (TPSA) is 78.5 Å². The maximum absolute atomic E-state index is 12.4. The second kappa shape index (κ2) is 8.42. The van der Waals surface area contributed by atoms with Gasteiger partial charge in [0.15, 0.2) is 0 Å². The highest BCUT2D eigenvalue weighted by Crippen LogP contribution is 2.21. The van der Waals surface area contributed by atoms with E-state index in [-0.39, 0.29) is 5.91 Å². The minimum absolute atomic E-state index is 0.00835. The van der Waals surface area contributed by atoms with Crippen LogP contribution >= 0.6 is 0 Å². The van der Waals surface area contributed by atoms with E-state index < -0.39 is 10.0 Å². The molecule has 0 atom stereocenters. The van der Waals surface area contributed by atoms with E-state index in [0.717, 1.165) is 24.9 Å². The van der Waals surface area contributed by atoms with Gasteiger partial charge in [0, 0.05) is 32.6 Å². The first-order valence-corrected chi connectivity index (χ1v) is 9.48. The molecule has 0 aliphatic carbocycles. The van der Waals surface area contributed by atoms with Crippen LogP contribution in [0.2, 0.25) is 0 Å². The Hall–Kier alpha value is -1.44. The van der Waals surface area contributed by atoms with Gasteiger partial charge in [-0.1, -0.05) is 12.1 Å². The Morgan fingerprint density at radius 1 is 1.13 bits per heavy atom. The summed E-state index contributed by atoms with van der Waals surface area (Å²) in [5.74, 6) is 0.00835. The fourth-order valence-corrected chi connectivity index (χ4v) is 4.10. The summed E-state index contributed by atoms with van der Waals surface area (Å²) in [4.78, 5) is 12.0. The molecule has 0 bridgehead atoms. The molecule has 23 heavy (non-hydrogen) atoms. The summed E-state index contributed by atoms with van der Waals surface area (Å²) >= 11 is 0. The van der Waals surface area contributed by atoms with E-state index in [0.29, 0.717) is 37.4 Å². The first kappa shape index (κ1) is 17.9. The summed E-state index contributed by atoms with van der Waals surface area (Å²) in [7, 11) is -1.52. The average molecular weight is 339 g/mol. The molecule has 1 amide bonds. The van der Waals surface area contributed by atoms with Crippen molar-refractivity contribution in [2.75, 3.05) is 33.2 Å². The molecule has 0 saturated carbocycles. The van der Waals surface area contributed by atoms with E-state index in [1.165, 1.54) is 4.31 Å². The van der Waals surface area contributed by atoms with Crippen molar-refractivity contribution in [2.24, 2.45) is 0 Å². The van der Waals surface area contributed by atoms with Crippen LogP contribution in [-0.4, -0.2) is 51.9 Å². The van der Waals surface area contributed by atoms with E-state index in [4.69, 9.17) is 0 Å². The van der Waals surface area contributed by atoms with Gasteiger partial charge in [0.25, 0.3) is 0 Å². The molecule has 1 aliphatic rings. The zero-order chi connectivity index (χ0) is 16.7. The highest BCUT2D eigenvalue weighted by molar-refractivity contribution is 7.89. The highest BCUT2D eigenvalue weighted by Gasteiger charge is 2.26. The molecule has 0 spiro atoms. The van der Waals surface area contributed by atoms with Gasteiger partial charge in [-0.15, -0.1) is 0 Å². The Kier molecular flexibility index (Phi) is 6.56. The number of likely N-dealkylation sites (N-methyl/N-ethyl adjacent to an activating group) is 1. The molecule has 2 rings (SSSR count). The molecule has 1 fully saturated rings. The zero-order valence-corrected chi connectivity index (χ0v) is 14.4. The maximum Gasteiger partial charge on any atom is 0.243 e. The van der Waals surface area contributed by atoms with Crippen LogP contribution in [0, 0.1) is 0 Å². The Morgan fingerprint density at radius 2 is 1.78 bits per heavy atom. The summed E-state index contributed by atoms with van der Waals surface area (Å²) in [5, 5.41) is 5.79. The van der Waals surface area contributed by atoms with Gasteiger partial charge in [-0.25, -0.2) is 8.42 Å². The molecule has 1 aliphatic heterocycles. The van der Waals surface area contributed by atoms with Gasteiger partial charge in [-0.2, -0.15) is 4.31 Å². The molecular weight excluding hydrogens is 314 g/mol. The summed E-state index contributed by atoms with van der Waals surface area (Å²) in [6.45, 7) is 2.57. The molecule has 7 heteroatoms. The molecule has 1 aromatic rings. The lowest BCUT2D eigenvalue weighted by Gasteiger charge is -2.15. The molecule has 6 nitrogen and oxygen atoms in total. The fraction of sp³-hybridized carbons (Fsp3) is 0.562. The van der Waals surface area contributed by atoms with E-state index >= 15 is 0 Å². The van der Waals surface area contributed by atoms with Crippen molar-refractivity contribution >= 4 is 15.9 Å². The van der Waals surface area contributed by atoms with E-state index in [1.807, 2.05) is 7.05 Å². The number of rotatable bonds is 8. The number of carbonyl (C=O) groups excluding carboxylic acids is 1. The van der Waals surface area contributed by atoms with E-state index in [1.54, 1.807) is 24.3 Å². The predicted octanol–water partition coefficient (Wildman–Crippen LogP) is 0.739. The minimum atomic E-state index is -3.35. The van der Waals surface area contributed by atoms with Gasteiger partial charge >= 0.3 is 0 Å². The third kappa shape index (κ3) is 5.02. The van der Waals surface area contributed by atoms with Crippen LogP contribution in [0.3, 0.4) is 0 Å². The summed E-state index contributed by atoms with van der Waals surface area (Å²) in [6.07, 6.45) is 2.87. The van der Waals surface area contributed by atoms with E-state index in [2.05, 4.69) is 10.6 Å². The number of nitrogens with one attached hydrogen (secondary N) is 2. The second-order valence-electron chi connectivity index (χ2n) is 5.71. The number of sulfonamides is 1. The largest absolute Gasteiger partial charge is 0.355 e. The normalized spacial score (nSPS) is 15.7. The number of hydrogen-bond donors (Lipinski definition) is 2. The number of carbonyl (C=O) groups is 1. The Bertz CT molecular complexity index is 608. The molecule has 128 valence electrons. The van der Waals surface area contributed by atoms with Crippen LogP contribution in [0.4, 0.5) is 0 Å². The first-order chi connectivity index (χ1) is 11.0. The second-order valence-corrected chi connectivity index (χ2v) is 7.65. The minimum Gasteiger partial charge on any atom is -0.355 e. The molecule has 0 unspecified atom stereocenters. The number of nitrogens with zero attached hydrogens (tertiary/aromatic N) is 1. The number of aryl methyl sites for hydroxylation is 1. The van der Waals surface area contributed by atoms with Crippen LogP contribution in [0.15, 0.2) is 29.2 Å². The van der Waals surface area contributed by atoms with Crippen LogP contribution in [0.5, 0.6) is 0 Å². The molecule has 1 heterocycles. The molecule has 0 aromatic heterocycles. The molecule has 1 aromatic carbocycles. The van der Waals surface area contributed by atoms with Gasteiger partial charge in [0.1, 0.15) is 0 Å². The highest BCUT2D eigenvalue weighted by atomic mass is 32.2. The summed E-state index contributed by atoms with van der Waals surface area (Å²) < 4.78 is 26.4. The predicted molar refractivity (Wildman–Crippen MR) is 89.7 cm³/mol. The lowest BCUT2D eigenvalue weighted by Crippen LogP contribution is -2.30. The Morgan fingerprint density at radius 3 is 2.39 bits per heavy atom. The van der Waals surface area contributed by atoms with Gasteiger partial charge < -0.3 is 10.6 Å². The fourth-order valence-electron chi connectivity index (χ4n) is 2.58. The van der Waals surface area contributed by atoms with Crippen molar-refractivity contribution in [3.8, 4) is 0 Å². The molecule has 2 N–H and O–H groups in total. The number of benzene rings is 1. The smallest absolute Gasteiger partial charge is 0.243 e.